The van der Waals surface area contributed by atoms with Crippen LogP contribution in [0.1, 0.15) is 18.9 Å². The van der Waals surface area contributed by atoms with Gasteiger partial charge in [-0.25, -0.2) is 8.42 Å². The lowest BCUT2D eigenvalue weighted by molar-refractivity contribution is -0.120. The number of hydrogen-bond donors (Lipinski definition) is 3. The van der Waals surface area contributed by atoms with Gasteiger partial charge in [0.25, 0.3) is 0 Å². The molecule has 0 aliphatic carbocycles. The summed E-state index contributed by atoms with van der Waals surface area (Å²) in [6.45, 7) is 4.65. The third kappa shape index (κ3) is 4.18. The number of nitrogens with one attached hydrogen (secondary N) is 3. The number of benzene rings is 1. The van der Waals surface area contributed by atoms with Crippen molar-refractivity contribution in [1.29, 1.82) is 0 Å². The van der Waals surface area contributed by atoms with Crippen molar-refractivity contribution in [3.05, 3.63) is 23.8 Å². The van der Waals surface area contributed by atoms with Crippen LogP contribution in [0.4, 0.5) is 11.4 Å². The van der Waals surface area contributed by atoms with E-state index in [0.717, 1.165) is 24.8 Å². The molecule has 3 N–H and O–H groups in total. The molecule has 0 saturated carbocycles. The molecule has 0 spiro atoms. The number of sulfonamides is 1. The molecule has 0 aromatic heterocycles. The van der Waals surface area contributed by atoms with Crippen LogP contribution in [0.25, 0.3) is 0 Å². The summed E-state index contributed by atoms with van der Waals surface area (Å²) in [6.07, 6.45) is 1.94. The Morgan fingerprint density at radius 2 is 2.10 bits per heavy atom. The highest BCUT2D eigenvalue weighted by Crippen LogP contribution is 2.22. The third-order valence-electron chi connectivity index (χ3n) is 3.65. The normalized spacial score (nSPS) is 22.0. The average Bonchev–Trinajstić information content (AvgIpc) is 2.77. The lowest BCUT2D eigenvalue weighted by Crippen LogP contribution is -2.32. The van der Waals surface area contributed by atoms with Crippen LogP contribution in [0.3, 0.4) is 0 Å². The van der Waals surface area contributed by atoms with Crippen LogP contribution in [-0.2, 0) is 14.8 Å². The van der Waals surface area contributed by atoms with Crippen LogP contribution in [0.5, 0.6) is 0 Å². The van der Waals surface area contributed by atoms with Crippen LogP contribution in [0.2, 0.25) is 0 Å². The zero-order chi connectivity index (χ0) is 15.6. The van der Waals surface area contributed by atoms with E-state index >= 15 is 0 Å². The molecule has 1 saturated heterocycles. The number of rotatable bonds is 4. The van der Waals surface area contributed by atoms with Crippen molar-refractivity contribution in [1.82, 2.24) is 5.32 Å². The van der Waals surface area contributed by atoms with Gasteiger partial charge in [0.2, 0.25) is 15.9 Å². The molecule has 0 radical (unpaired) electrons. The minimum atomic E-state index is -3.30. The Bertz CT molecular complexity index is 643. The maximum absolute atomic E-state index is 12.2. The van der Waals surface area contributed by atoms with Gasteiger partial charge in [-0.3, -0.25) is 9.52 Å². The van der Waals surface area contributed by atoms with Gasteiger partial charge in [0.1, 0.15) is 0 Å². The van der Waals surface area contributed by atoms with Crippen LogP contribution in [0.15, 0.2) is 18.2 Å². The second-order valence-electron chi connectivity index (χ2n) is 5.53. The molecular weight excluding hydrogens is 290 g/mol. The van der Waals surface area contributed by atoms with Gasteiger partial charge >= 0.3 is 0 Å². The summed E-state index contributed by atoms with van der Waals surface area (Å²) in [6, 6.07) is 5.30. The fourth-order valence-electron chi connectivity index (χ4n) is 2.51. The first-order valence-electron chi connectivity index (χ1n) is 6.89. The standard InChI is InChI=1S/C14H21N3O3S/c1-9-8-11(4-5-13(9)17-21(3,19)20)16-14(18)12-6-7-15-10(12)2/h4-5,8,10,12,15,17H,6-7H2,1-3H3,(H,16,18). The van der Waals surface area contributed by atoms with Crippen molar-refractivity contribution in [2.24, 2.45) is 5.92 Å². The van der Waals surface area contributed by atoms with Crippen LogP contribution in [-0.4, -0.2) is 33.2 Å². The molecule has 1 fully saturated rings. The number of carbonyl (C=O) groups excluding carboxylic acids is 1. The van der Waals surface area contributed by atoms with E-state index in [0.29, 0.717) is 11.4 Å². The summed E-state index contributed by atoms with van der Waals surface area (Å²) in [4.78, 5) is 12.2. The maximum atomic E-state index is 12.2. The summed E-state index contributed by atoms with van der Waals surface area (Å²) in [5, 5.41) is 6.13. The molecule has 6 nitrogen and oxygen atoms in total. The topological polar surface area (TPSA) is 87.3 Å². The van der Waals surface area contributed by atoms with Gasteiger partial charge in [-0.15, -0.1) is 0 Å². The summed E-state index contributed by atoms with van der Waals surface area (Å²) < 4.78 is 24.9. The van der Waals surface area contributed by atoms with E-state index in [1.807, 2.05) is 6.92 Å². The van der Waals surface area contributed by atoms with E-state index in [1.165, 1.54) is 0 Å². The Morgan fingerprint density at radius 3 is 2.62 bits per heavy atom. The van der Waals surface area contributed by atoms with Crippen molar-refractivity contribution in [3.8, 4) is 0 Å². The minimum Gasteiger partial charge on any atom is -0.326 e. The number of hydrogen-bond acceptors (Lipinski definition) is 4. The predicted molar refractivity (Wildman–Crippen MR) is 83.8 cm³/mol. The SMILES string of the molecule is Cc1cc(NC(=O)C2CCNC2C)ccc1NS(C)(=O)=O. The second kappa shape index (κ2) is 6.03. The minimum absolute atomic E-state index is 0.00396. The second-order valence-corrected chi connectivity index (χ2v) is 7.28. The van der Waals surface area contributed by atoms with Gasteiger partial charge in [-0.05, 0) is 50.6 Å². The summed E-state index contributed by atoms with van der Waals surface area (Å²) >= 11 is 0. The third-order valence-corrected chi connectivity index (χ3v) is 4.24. The van der Waals surface area contributed by atoms with E-state index < -0.39 is 10.0 Å². The lowest BCUT2D eigenvalue weighted by atomic mass is 10.0. The molecule has 7 heteroatoms. The maximum Gasteiger partial charge on any atom is 0.229 e. The average molecular weight is 311 g/mol. The van der Waals surface area contributed by atoms with E-state index in [9.17, 15) is 13.2 Å². The smallest absolute Gasteiger partial charge is 0.229 e. The molecule has 2 atom stereocenters. The molecule has 1 amide bonds. The molecule has 1 aliphatic heterocycles. The molecular formula is C14H21N3O3S. The highest BCUT2D eigenvalue weighted by molar-refractivity contribution is 7.92. The monoisotopic (exact) mass is 311 g/mol. The summed E-state index contributed by atoms with van der Waals surface area (Å²) in [5.74, 6) is -0.0325. The summed E-state index contributed by atoms with van der Waals surface area (Å²) in [5.41, 5.74) is 1.96. The van der Waals surface area contributed by atoms with Crippen LogP contribution in [0, 0.1) is 12.8 Å². The Kier molecular flexibility index (Phi) is 4.53. The molecule has 2 unspecified atom stereocenters. The molecule has 1 aliphatic rings. The zero-order valence-corrected chi connectivity index (χ0v) is 13.3. The Hall–Kier alpha value is -1.60. The number of anilines is 2. The lowest BCUT2D eigenvalue weighted by Gasteiger charge is -2.16. The van der Waals surface area contributed by atoms with Gasteiger partial charge in [0.15, 0.2) is 0 Å². The Labute approximate surface area is 125 Å². The van der Waals surface area contributed by atoms with Crippen molar-refractivity contribution < 1.29 is 13.2 Å². The van der Waals surface area contributed by atoms with Crippen LogP contribution >= 0.6 is 0 Å². The molecule has 21 heavy (non-hydrogen) atoms. The van der Waals surface area contributed by atoms with Crippen molar-refractivity contribution in [2.75, 3.05) is 22.8 Å². The van der Waals surface area contributed by atoms with Gasteiger partial charge in [-0.1, -0.05) is 0 Å². The van der Waals surface area contributed by atoms with E-state index in [4.69, 9.17) is 0 Å². The Morgan fingerprint density at radius 1 is 1.38 bits per heavy atom. The quantitative estimate of drug-likeness (QED) is 0.782. The number of carbonyl (C=O) groups is 1. The van der Waals surface area contributed by atoms with Gasteiger partial charge < -0.3 is 10.6 Å². The van der Waals surface area contributed by atoms with E-state index in [2.05, 4.69) is 15.4 Å². The molecule has 1 heterocycles. The van der Waals surface area contributed by atoms with Gasteiger partial charge in [-0.2, -0.15) is 0 Å². The summed E-state index contributed by atoms with van der Waals surface area (Å²) in [7, 11) is -3.30. The van der Waals surface area contributed by atoms with E-state index in [1.54, 1.807) is 25.1 Å². The van der Waals surface area contributed by atoms with Gasteiger partial charge in [0, 0.05) is 11.7 Å². The predicted octanol–water partition coefficient (Wildman–Crippen LogP) is 1.30. The van der Waals surface area contributed by atoms with Crippen molar-refractivity contribution >= 4 is 27.3 Å². The first-order chi connectivity index (χ1) is 9.76. The van der Waals surface area contributed by atoms with Gasteiger partial charge in [0.05, 0.1) is 17.9 Å². The molecule has 2 rings (SSSR count). The number of amides is 1. The highest BCUT2D eigenvalue weighted by atomic mass is 32.2. The van der Waals surface area contributed by atoms with Crippen LogP contribution < -0.4 is 15.4 Å². The van der Waals surface area contributed by atoms with Crippen molar-refractivity contribution in [3.63, 3.8) is 0 Å². The first-order valence-corrected chi connectivity index (χ1v) is 8.78. The highest BCUT2D eigenvalue weighted by Gasteiger charge is 2.29. The largest absolute Gasteiger partial charge is 0.326 e. The fraction of sp³-hybridized carbons (Fsp3) is 0.500. The fourth-order valence-corrected chi connectivity index (χ4v) is 3.14. The molecule has 116 valence electrons. The van der Waals surface area contributed by atoms with Crippen molar-refractivity contribution in [2.45, 2.75) is 26.3 Å². The number of aryl methyl sites for hydroxylation is 1. The molecule has 1 aromatic carbocycles. The zero-order valence-electron chi connectivity index (χ0n) is 12.4. The molecule has 1 aromatic rings. The first kappa shape index (κ1) is 15.8. The molecule has 0 bridgehead atoms. The van der Waals surface area contributed by atoms with E-state index in [-0.39, 0.29) is 17.9 Å². The Balaban J connectivity index is 2.08.